The summed E-state index contributed by atoms with van der Waals surface area (Å²) in [7, 11) is 0. The van der Waals surface area contributed by atoms with Gasteiger partial charge >= 0.3 is 0 Å². The van der Waals surface area contributed by atoms with Crippen molar-refractivity contribution in [2.75, 3.05) is 0 Å². The molecule has 2 rings (SSSR count). The van der Waals surface area contributed by atoms with E-state index in [1.165, 1.54) is 12.1 Å². The first-order valence-corrected chi connectivity index (χ1v) is 5.94. The predicted octanol–water partition coefficient (Wildman–Crippen LogP) is 2.25. The lowest BCUT2D eigenvalue weighted by Crippen LogP contribution is -2.08. The molecule has 17 heavy (non-hydrogen) atoms. The van der Waals surface area contributed by atoms with Crippen molar-refractivity contribution < 1.29 is 4.39 Å². The van der Waals surface area contributed by atoms with E-state index in [9.17, 15) is 4.39 Å². The van der Waals surface area contributed by atoms with Crippen LogP contribution in [0.25, 0.3) is 0 Å². The van der Waals surface area contributed by atoms with Crippen LogP contribution in [0.2, 0.25) is 0 Å². The Morgan fingerprint density at radius 1 is 1.53 bits per heavy atom. The molecule has 1 aromatic heterocycles. The predicted molar refractivity (Wildman–Crippen MR) is 65.8 cm³/mol. The maximum absolute atomic E-state index is 12.9. The average molecular weight is 299 g/mol. The zero-order valence-electron chi connectivity index (χ0n) is 9.27. The number of benzene rings is 1. The van der Waals surface area contributed by atoms with Crippen LogP contribution in [0, 0.1) is 5.82 Å². The molecule has 0 aliphatic carbocycles. The molecule has 1 heterocycles. The summed E-state index contributed by atoms with van der Waals surface area (Å²) < 4.78 is 15.3. The highest BCUT2D eigenvalue weighted by atomic mass is 79.9. The van der Waals surface area contributed by atoms with Crippen molar-refractivity contribution in [2.24, 2.45) is 5.73 Å². The highest BCUT2D eigenvalue weighted by Crippen LogP contribution is 2.18. The van der Waals surface area contributed by atoms with Crippen molar-refractivity contribution in [3.05, 3.63) is 46.2 Å². The number of hydrogen-bond acceptors (Lipinski definition) is 3. The minimum Gasteiger partial charge on any atom is -0.321 e. The second-order valence-corrected chi connectivity index (χ2v) is 4.68. The molecule has 0 aliphatic heterocycles. The van der Waals surface area contributed by atoms with Gasteiger partial charge in [0.15, 0.2) is 5.82 Å². The van der Waals surface area contributed by atoms with Crippen molar-refractivity contribution in [3.8, 4) is 0 Å². The molecule has 2 N–H and O–H groups in total. The largest absolute Gasteiger partial charge is 0.321 e. The van der Waals surface area contributed by atoms with Gasteiger partial charge in [0.05, 0.1) is 12.6 Å². The first-order chi connectivity index (χ1) is 8.06. The maximum atomic E-state index is 12.9. The minimum atomic E-state index is -0.268. The van der Waals surface area contributed by atoms with Crippen molar-refractivity contribution in [1.82, 2.24) is 14.8 Å². The van der Waals surface area contributed by atoms with Gasteiger partial charge in [-0.15, -0.1) is 0 Å². The maximum Gasteiger partial charge on any atom is 0.166 e. The molecule has 0 radical (unpaired) electrons. The molecular weight excluding hydrogens is 287 g/mol. The molecule has 0 bridgehead atoms. The number of nitrogens with two attached hydrogens (primary N) is 1. The molecular formula is C11H12BrFN4. The summed E-state index contributed by atoms with van der Waals surface area (Å²) in [6.45, 7) is 2.36. The van der Waals surface area contributed by atoms with Gasteiger partial charge in [-0.1, -0.05) is 22.0 Å². The van der Waals surface area contributed by atoms with Crippen LogP contribution in [0.5, 0.6) is 0 Å². The molecule has 0 fully saturated rings. The molecule has 1 atom stereocenters. The molecule has 0 spiro atoms. The van der Waals surface area contributed by atoms with Gasteiger partial charge in [-0.2, -0.15) is 5.10 Å². The summed E-state index contributed by atoms with van der Waals surface area (Å²) in [6.07, 6.45) is 1.62. The molecule has 0 amide bonds. The van der Waals surface area contributed by atoms with E-state index in [-0.39, 0.29) is 11.9 Å². The van der Waals surface area contributed by atoms with Gasteiger partial charge < -0.3 is 5.73 Å². The van der Waals surface area contributed by atoms with Crippen LogP contribution in [-0.4, -0.2) is 14.8 Å². The van der Waals surface area contributed by atoms with Crippen molar-refractivity contribution >= 4 is 15.9 Å². The summed E-state index contributed by atoms with van der Waals surface area (Å²) in [6, 6.07) is 4.38. The minimum absolute atomic E-state index is 0.187. The van der Waals surface area contributed by atoms with E-state index in [4.69, 9.17) is 5.73 Å². The van der Waals surface area contributed by atoms with E-state index < -0.39 is 0 Å². The van der Waals surface area contributed by atoms with Gasteiger partial charge in [-0.3, -0.25) is 0 Å². The van der Waals surface area contributed by atoms with E-state index >= 15 is 0 Å². The van der Waals surface area contributed by atoms with Crippen LogP contribution in [-0.2, 0) is 6.54 Å². The normalized spacial score (nSPS) is 12.7. The summed E-state index contributed by atoms with van der Waals surface area (Å²) in [5, 5.41) is 4.23. The Kier molecular flexibility index (Phi) is 3.54. The Labute approximate surface area is 107 Å². The summed E-state index contributed by atoms with van der Waals surface area (Å²) >= 11 is 3.31. The summed E-state index contributed by atoms with van der Waals surface area (Å²) in [4.78, 5) is 4.10. The fourth-order valence-corrected chi connectivity index (χ4v) is 1.89. The van der Waals surface area contributed by atoms with Gasteiger partial charge in [0.25, 0.3) is 0 Å². The van der Waals surface area contributed by atoms with Crippen LogP contribution in [0.15, 0.2) is 29.0 Å². The molecule has 6 heteroatoms. The highest BCUT2D eigenvalue weighted by Gasteiger charge is 2.07. The fourth-order valence-electron chi connectivity index (χ4n) is 1.42. The lowest BCUT2D eigenvalue weighted by molar-refractivity contribution is 0.620. The van der Waals surface area contributed by atoms with Crippen molar-refractivity contribution in [2.45, 2.75) is 19.5 Å². The third-order valence-corrected chi connectivity index (χ3v) is 3.05. The molecule has 1 aromatic carbocycles. The van der Waals surface area contributed by atoms with Crippen molar-refractivity contribution in [1.29, 1.82) is 0 Å². The Balaban J connectivity index is 2.19. The van der Waals surface area contributed by atoms with Gasteiger partial charge in [0, 0.05) is 4.47 Å². The third kappa shape index (κ3) is 2.89. The molecule has 0 saturated heterocycles. The van der Waals surface area contributed by atoms with Gasteiger partial charge in [-0.25, -0.2) is 14.1 Å². The topological polar surface area (TPSA) is 56.7 Å². The smallest absolute Gasteiger partial charge is 0.166 e. The van der Waals surface area contributed by atoms with Crippen LogP contribution in [0.4, 0.5) is 4.39 Å². The monoisotopic (exact) mass is 298 g/mol. The number of halogens is 2. The van der Waals surface area contributed by atoms with Gasteiger partial charge in [0.1, 0.15) is 12.1 Å². The molecule has 2 aromatic rings. The third-order valence-electron chi connectivity index (χ3n) is 2.31. The van der Waals surface area contributed by atoms with E-state index in [0.717, 1.165) is 10.0 Å². The molecule has 0 saturated carbocycles. The van der Waals surface area contributed by atoms with Crippen LogP contribution in [0.3, 0.4) is 0 Å². The van der Waals surface area contributed by atoms with Gasteiger partial charge in [0.2, 0.25) is 0 Å². The molecule has 0 aliphatic rings. The Bertz CT molecular complexity index is 524. The van der Waals surface area contributed by atoms with Crippen LogP contribution in [0.1, 0.15) is 24.4 Å². The van der Waals surface area contributed by atoms with Crippen LogP contribution < -0.4 is 5.73 Å². The Morgan fingerprint density at radius 2 is 2.29 bits per heavy atom. The van der Waals surface area contributed by atoms with E-state index in [2.05, 4.69) is 26.0 Å². The Morgan fingerprint density at radius 3 is 2.88 bits per heavy atom. The first-order valence-electron chi connectivity index (χ1n) is 5.15. The zero-order chi connectivity index (χ0) is 12.4. The highest BCUT2D eigenvalue weighted by molar-refractivity contribution is 9.10. The van der Waals surface area contributed by atoms with E-state index in [0.29, 0.717) is 12.4 Å². The van der Waals surface area contributed by atoms with E-state index in [1.807, 2.05) is 6.92 Å². The standard InChI is InChI=1S/C11H12BrFN4/c1-7(14)11-15-6-17(16-11)5-8-2-3-9(13)4-10(8)12/h2-4,6-7H,5,14H2,1H3. The van der Waals surface area contributed by atoms with Gasteiger partial charge in [-0.05, 0) is 24.6 Å². The molecule has 4 nitrogen and oxygen atoms in total. The molecule has 90 valence electrons. The SMILES string of the molecule is CC(N)c1ncn(Cc2ccc(F)cc2Br)n1. The Hall–Kier alpha value is -1.27. The number of rotatable bonds is 3. The second kappa shape index (κ2) is 4.93. The number of hydrogen-bond donors (Lipinski definition) is 1. The number of aromatic nitrogens is 3. The lowest BCUT2D eigenvalue weighted by atomic mass is 10.2. The molecule has 1 unspecified atom stereocenters. The second-order valence-electron chi connectivity index (χ2n) is 3.82. The number of nitrogens with zero attached hydrogens (tertiary/aromatic N) is 3. The fraction of sp³-hybridized carbons (Fsp3) is 0.273. The van der Waals surface area contributed by atoms with Crippen molar-refractivity contribution in [3.63, 3.8) is 0 Å². The summed E-state index contributed by atoms with van der Waals surface area (Å²) in [5.74, 6) is 0.332. The lowest BCUT2D eigenvalue weighted by Gasteiger charge is -2.04. The van der Waals surface area contributed by atoms with Crippen LogP contribution >= 0.6 is 15.9 Å². The van der Waals surface area contributed by atoms with E-state index in [1.54, 1.807) is 17.1 Å². The average Bonchev–Trinajstić information content (AvgIpc) is 2.71. The quantitative estimate of drug-likeness (QED) is 0.945. The first kappa shape index (κ1) is 12.2. The zero-order valence-corrected chi connectivity index (χ0v) is 10.9. The summed E-state index contributed by atoms with van der Waals surface area (Å²) in [5.41, 5.74) is 6.61.